The molecule has 0 spiro atoms. The minimum absolute atomic E-state index is 0.0277. The number of halogens is 1. The number of carbonyl (C=O) groups is 2. The van der Waals surface area contributed by atoms with Gasteiger partial charge in [-0.05, 0) is 26.0 Å². The molecule has 0 aliphatic rings. The second-order valence-corrected chi connectivity index (χ2v) is 4.60. The summed E-state index contributed by atoms with van der Waals surface area (Å²) in [6, 6.07) is 7.11. The molecule has 0 fully saturated rings. The summed E-state index contributed by atoms with van der Waals surface area (Å²) in [7, 11) is 0. The number of nitrogens with zero attached hydrogens (tertiary/aromatic N) is 1. The first-order chi connectivity index (χ1) is 10.0. The van der Waals surface area contributed by atoms with Crippen molar-refractivity contribution < 1.29 is 14.3 Å². The van der Waals surface area contributed by atoms with Crippen LogP contribution in [0.2, 0.25) is 5.02 Å². The lowest BCUT2D eigenvalue weighted by atomic mass is 10.3. The maximum atomic E-state index is 11.6. The number of nitrogens with one attached hydrogen (secondary N) is 2. The van der Waals surface area contributed by atoms with E-state index in [1.54, 1.807) is 32.0 Å². The SMILES string of the molecule is CCOC(=O)C/C(C)=N\NC(=O)CNc1ccccc1Cl. The standard InChI is InChI=1S/C14H18ClN3O3/c1-3-21-14(20)8-10(2)17-18-13(19)9-16-12-7-5-4-6-11(12)15/h4-7,16H,3,8-9H2,1-2H3,(H,18,19)/b17-10-. The molecule has 0 saturated carbocycles. The molecule has 0 saturated heterocycles. The molecule has 0 radical (unpaired) electrons. The van der Waals surface area contributed by atoms with Crippen LogP contribution >= 0.6 is 11.6 Å². The van der Waals surface area contributed by atoms with E-state index in [2.05, 4.69) is 15.8 Å². The van der Waals surface area contributed by atoms with Crippen molar-refractivity contribution in [3.05, 3.63) is 29.3 Å². The first-order valence-electron chi connectivity index (χ1n) is 6.49. The number of anilines is 1. The Labute approximate surface area is 128 Å². The van der Waals surface area contributed by atoms with Gasteiger partial charge in [-0.1, -0.05) is 23.7 Å². The fourth-order valence-electron chi connectivity index (χ4n) is 1.44. The Hall–Kier alpha value is -2.08. The van der Waals surface area contributed by atoms with Gasteiger partial charge in [-0.3, -0.25) is 9.59 Å². The van der Waals surface area contributed by atoms with Crippen LogP contribution in [0.5, 0.6) is 0 Å². The van der Waals surface area contributed by atoms with Gasteiger partial charge in [0.25, 0.3) is 5.91 Å². The number of hydrogen-bond acceptors (Lipinski definition) is 5. The molecule has 1 aromatic rings. The molecule has 1 aromatic carbocycles. The van der Waals surface area contributed by atoms with E-state index >= 15 is 0 Å². The van der Waals surface area contributed by atoms with Crippen molar-refractivity contribution in [2.75, 3.05) is 18.5 Å². The van der Waals surface area contributed by atoms with Crippen LogP contribution in [-0.4, -0.2) is 30.7 Å². The third kappa shape index (κ3) is 6.76. The van der Waals surface area contributed by atoms with Gasteiger partial charge in [-0.2, -0.15) is 5.10 Å². The normalized spacial score (nSPS) is 10.9. The van der Waals surface area contributed by atoms with Crippen LogP contribution in [-0.2, 0) is 14.3 Å². The average molecular weight is 312 g/mol. The lowest BCUT2D eigenvalue weighted by Crippen LogP contribution is -2.27. The Morgan fingerprint density at radius 3 is 2.71 bits per heavy atom. The average Bonchev–Trinajstić information content (AvgIpc) is 2.44. The van der Waals surface area contributed by atoms with Crippen molar-refractivity contribution in [2.45, 2.75) is 20.3 Å². The van der Waals surface area contributed by atoms with Crippen LogP contribution in [0, 0.1) is 0 Å². The highest BCUT2D eigenvalue weighted by Gasteiger charge is 2.06. The summed E-state index contributed by atoms with van der Waals surface area (Å²) < 4.78 is 4.78. The quantitative estimate of drug-likeness (QED) is 0.459. The zero-order valence-electron chi connectivity index (χ0n) is 12.0. The van der Waals surface area contributed by atoms with Gasteiger partial charge in [0.2, 0.25) is 0 Å². The molecule has 21 heavy (non-hydrogen) atoms. The van der Waals surface area contributed by atoms with Crippen LogP contribution in [0.4, 0.5) is 5.69 Å². The van der Waals surface area contributed by atoms with Crippen LogP contribution in [0.3, 0.4) is 0 Å². The Morgan fingerprint density at radius 2 is 2.05 bits per heavy atom. The zero-order chi connectivity index (χ0) is 15.7. The minimum atomic E-state index is -0.373. The molecule has 0 atom stereocenters. The number of benzene rings is 1. The van der Waals surface area contributed by atoms with E-state index in [0.29, 0.717) is 23.0 Å². The summed E-state index contributed by atoms with van der Waals surface area (Å²) in [5.74, 6) is -0.708. The van der Waals surface area contributed by atoms with Gasteiger partial charge < -0.3 is 10.1 Å². The molecule has 0 unspecified atom stereocenters. The summed E-state index contributed by atoms with van der Waals surface area (Å²) >= 11 is 5.95. The fraction of sp³-hybridized carbons (Fsp3) is 0.357. The number of para-hydroxylation sites is 1. The first-order valence-corrected chi connectivity index (χ1v) is 6.86. The molecule has 114 valence electrons. The summed E-state index contributed by atoms with van der Waals surface area (Å²) in [5.41, 5.74) is 3.50. The maximum Gasteiger partial charge on any atom is 0.311 e. The zero-order valence-corrected chi connectivity index (χ0v) is 12.7. The summed E-state index contributed by atoms with van der Waals surface area (Å²) in [5, 5.41) is 7.25. The third-order valence-corrected chi connectivity index (χ3v) is 2.72. The highest BCUT2D eigenvalue weighted by molar-refractivity contribution is 6.33. The van der Waals surface area contributed by atoms with E-state index < -0.39 is 0 Å². The molecule has 0 aromatic heterocycles. The van der Waals surface area contributed by atoms with Gasteiger partial charge >= 0.3 is 5.97 Å². The Kier molecular flexibility index (Phi) is 7.25. The topological polar surface area (TPSA) is 79.8 Å². The third-order valence-electron chi connectivity index (χ3n) is 2.39. The molecule has 0 bridgehead atoms. The smallest absolute Gasteiger partial charge is 0.311 e. The molecule has 7 heteroatoms. The second-order valence-electron chi connectivity index (χ2n) is 4.20. The molecule has 0 aliphatic heterocycles. The van der Waals surface area contributed by atoms with Gasteiger partial charge in [0.05, 0.1) is 30.3 Å². The number of rotatable bonds is 7. The molecular weight excluding hydrogens is 294 g/mol. The number of esters is 1. The molecule has 6 nitrogen and oxygen atoms in total. The highest BCUT2D eigenvalue weighted by atomic mass is 35.5. The van der Waals surface area contributed by atoms with E-state index in [-0.39, 0.29) is 24.8 Å². The van der Waals surface area contributed by atoms with Crippen LogP contribution in [0.25, 0.3) is 0 Å². The lowest BCUT2D eigenvalue weighted by molar-refractivity contribution is -0.141. The predicted octanol–water partition coefficient (Wildman–Crippen LogP) is 2.20. The van der Waals surface area contributed by atoms with Crippen molar-refractivity contribution in [2.24, 2.45) is 5.10 Å². The number of ether oxygens (including phenoxy) is 1. The predicted molar refractivity (Wildman–Crippen MR) is 82.4 cm³/mol. The van der Waals surface area contributed by atoms with Crippen molar-refractivity contribution in [1.82, 2.24) is 5.43 Å². The lowest BCUT2D eigenvalue weighted by Gasteiger charge is -2.07. The number of amides is 1. The summed E-state index contributed by atoms with van der Waals surface area (Å²) in [6.07, 6.45) is 0.0477. The van der Waals surface area contributed by atoms with Gasteiger partial charge in [0, 0.05) is 5.71 Å². The number of carbonyl (C=O) groups excluding carboxylic acids is 2. The van der Waals surface area contributed by atoms with E-state index in [4.69, 9.17) is 16.3 Å². The molecule has 1 amide bonds. The van der Waals surface area contributed by atoms with Crippen LogP contribution in [0.1, 0.15) is 20.3 Å². The Morgan fingerprint density at radius 1 is 1.33 bits per heavy atom. The molecule has 0 aliphatic carbocycles. The van der Waals surface area contributed by atoms with E-state index in [9.17, 15) is 9.59 Å². The molecular formula is C14H18ClN3O3. The van der Waals surface area contributed by atoms with Crippen molar-refractivity contribution in [1.29, 1.82) is 0 Å². The van der Waals surface area contributed by atoms with Crippen LogP contribution in [0.15, 0.2) is 29.4 Å². The monoisotopic (exact) mass is 311 g/mol. The fourth-order valence-corrected chi connectivity index (χ4v) is 1.64. The van der Waals surface area contributed by atoms with Gasteiger partial charge in [-0.25, -0.2) is 5.43 Å². The maximum absolute atomic E-state index is 11.6. The highest BCUT2D eigenvalue weighted by Crippen LogP contribution is 2.19. The van der Waals surface area contributed by atoms with E-state index in [0.717, 1.165) is 0 Å². The Bertz CT molecular complexity index is 532. The molecule has 1 rings (SSSR count). The first kappa shape index (κ1) is 17.0. The molecule has 2 N–H and O–H groups in total. The summed E-state index contributed by atoms with van der Waals surface area (Å²) in [6.45, 7) is 3.71. The van der Waals surface area contributed by atoms with E-state index in [1.165, 1.54) is 0 Å². The molecule has 0 heterocycles. The van der Waals surface area contributed by atoms with Gasteiger partial charge in [0.1, 0.15) is 0 Å². The second kappa shape index (κ2) is 8.97. The largest absolute Gasteiger partial charge is 0.466 e. The summed E-state index contributed by atoms with van der Waals surface area (Å²) in [4.78, 5) is 22.8. The number of hydrogen-bond donors (Lipinski definition) is 2. The number of hydrazone groups is 1. The van der Waals surface area contributed by atoms with Gasteiger partial charge in [-0.15, -0.1) is 0 Å². The van der Waals surface area contributed by atoms with Crippen molar-refractivity contribution in [3.63, 3.8) is 0 Å². The minimum Gasteiger partial charge on any atom is -0.466 e. The Balaban J connectivity index is 2.37. The van der Waals surface area contributed by atoms with Crippen LogP contribution < -0.4 is 10.7 Å². The van der Waals surface area contributed by atoms with Gasteiger partial charge in [0.15, 0.2) is 0 Å². The van der Waals surface area contributed by atoms with E-state index in [1.807, 2.05) is 6.07 Å². The van der Waals surface area contributed by atoms with Crippen molar-refractivity contribution in [3.8, 4) is 0 Å². The van der Waals surface area contributed by atoms with Crippen molar-refractivity contribution >= 4 is 34.9 Å².